The second-order valence-corrected chi connectivity index (χ2v) is 4.34. The molecule has 0 unspecified atom stereocenters. The van der Waals surface area contributed by atoms with Crippen LogP contribution in [0.4, 0.5) is 5.69 Å². The number of nitrogens with one attached hydrogen (secondary N) is 1. The highest BCUT2D eigenvalue weighted by Gasteiger charge is 2.10. The summed E-state index contributed by atoms with van der Waals surface area (Å²) >= 11 is 7.03. The highest BCUT2D eigenvalue weighted by atomic mass is 35.5. The van der Waals surface area contributed by atoms with Crippen LogP contribution in [0.2, 0.25) is 5.02 Å². The van der Waals surface area contributed by atoms with Crippen molar-refractivity contribution in [2.45, 2.75) is 6.92 Å². The van der Waals surface area contributed by atoms with E-state index in [1.54, 1.807) is 29.6 Å². The van der Waals surface area contributed by atoms with Gasteiger partial charge in [0.25, 0.3) is 5.91 Å². The molecule has 0 fully saturated rings. The summed E-state index contributed by atoms with van der Waals surface area (Å²) in [6, 6.07) is 6.98. The van der Waals surface area contributed by atoms with Gasteiger partial charge in [0.05, 0.1) is 11.3 Å². The van der Waals surface area contributed by atoms with Gasteiger partial charge in [-0.15, -0.1) is 0 Å². The van der Waals surface area contributed by atoms with Crippen LogP contribution in [-0.4, -0.2) is 10.3 Å². The second kappa shape index (κ2) is 4.63. The van der Waals surface area contributed by atoms with Crippen molar-refractivity contribution in [3.8, 4) is 0 Å². The fourth-order valence-corrected chi connectivity index (χ4v) is 2.06. The Morgan fingerprint density at radius 2 is 2.06 bits per heavy atom. The molecule has 0 bridgehead atoms. The van der Waals surface area contributed by atoms with E-state index in [4.69, 9.17) is 11.6 Å². The highest BCUT2D eigenvalue weighted by Crippen LogP contribution is 2.16. The molecule has 1 aromatic carbocycles. The van der Waals surface area contributed by atoms with Gasteiger partial charge in [0.15, 0.2) is 0 Å². The van der Waals surface area contributed by atoms with E-state index >= 15 is 0 Å². The first-order chi connectivity index (χ1) is 7.66. The predicted molar refractivity (Wildman–Crippen MR) is 66.3 cm³/mol. The molecule has 0 spiro atoms. The van der Waals surface area contributed by atoms with Crippen LogP contribution in [0.15, 0.2) is 29.6 Å². The lowest BCUT2D eigenvalue weighted by Gasteiger charge is -2.03. The number of hydrogen-bond donors (Lipinski definition) is 1. The standard InChI is InChI=1S/C11H9ClN2OS/c1-7-10(6-16-14-7)11(15)13-9-4-2-8(12)3-5-9/h2-6H,1H3,(H,13,15). The maximum absolute atomic E-state index is 11.8. The van der Waals surface area contributed by atoms with Gasteiger partial charge in [-0.1, -0.05) is 11.6 Å². The smallest absolute Gasteiger partial charge is 0.258 e. The van der Waals surface area contributed by atoms with Crippen molar-refractivity contribution in [2.24, 2.45) is 0 Å². The molecule has 0 atom stereocenters. The molecule has 82 valence electrons. The summed E-state index contributed by atoms with van der Waals surface area (Å²) in [5, 5.41) is 5.16. The number of amides is 1. The topological polar surface area (TPSA) is 42.0 Å². The Labute approximate surface area is 102 Å². The minimum absolute atomic E-state index is 0.145. The quantitative estimate of drug-likeness (QED) is 0.891. The van der Waals surface area contributed by atoms with E-state index in [1.807, 2.05) is 6.92 Å². The fourth-order valence-electron chi connectivity index (χ4n) is 1.24. The molecule has 2 rings (SSSR count). The molecular formula is C11H9ClN2OS. The highest BCUT2D eigenvalue weighted by molar-refractivity contribution is 7.04. The van der Waals surface area contributed by atoms with E-state index in [2.05, 4.69) is 9.69 Å². The molecular weight excluding hydrogens is 244 g/mol. The molecule has 1 N–H and O–H groups in total. The first-order valence-corrected chi connectivity index (χ1v) is 5.86. The van der Waals surface area contributed by atoms with Gasteiger partial charge in [0, 0.05) is 16.1 Å². The van der Waals surface area contributed by atoms with E-state index in [9.17, 15) is 4.79 Å². The second-order valence-electron chi connectivity index (χ2n) is 3.27. The Hall–Kier alpha value is -1.39. The average Bonchev–Trinajstić information content (AvgIpc) is 2.68. The monoisotopic (exact) mass is 252 g/mol. The lowest BCUT2D eigenvalue weighted by molar-refractivity contribution is 0.102. The van der Waals surface area contributed by atoms with Gasteiger partial charge < -0.3 is 5.32 Å². The van der Waals surface area contributed by atoms with Crippen molar-refractivity contribution >= 4 is 34.7 Å². The van der Waals surface area contributed by atoms with Crippen LogP contribution in [0.5, 0.6) is 0 Å². The molecule has 0 aliphatic carbocycles. The van der Waals surface area contributed by atoms with E-state index < -0.39 is 0 Å². The van der Waals surface area contributed by atoms with E-state index in [-0.39, 0.29) is 5.91 Å². The van der Waals surface area contributed by atoms with Gasteiger partial charge in [-0.2, -0.15) is 4.37 Å². The van der Waals surface area contributed by atoms with Crippen LogP contribution in [0.3, 0.4) is 0 Å². The lowest BCUT2D eigenvalue weighted by atomic mass is 10.2. The Morgan fingerprint density at radius 1 is 1.38 bits per heavy atom. The number of carbonyl (C=O) groups excluding carboxylic acids is 1. The Kier molecular flexibility index (Phi) is 3.22. The van der Waals surface area contributed by atoms with Crippen molar-refractivity contribution in [3.05, 3.63) is 45.9 Å². The fraction of sp³-hybridized carbons (Fsp3) is 0.0909. The molecule has 16 heavy (non-hydrogen) atoms. The van der Waals surface area contributed by atoms with Gasteiger partial charge in [0.1, 0.15) is 0 Å². The predicted octanol–water partition coefficient (Wildman–Crippen LogP) is 3.36. The van der Waals surface area contributed by atoms with Gasteiger partial charge in [-0.05, 0) is 42.7 Å². The van der Waals surface area contributed by atoms with Crippen LogP contribution >= 0.6 is 23.1 Å². The number of carbonyl (C=O) groups is 1. The van der Waals surface area contributed by atoms with Crippen molar-refractivity contribution < 1.29 is 4.79 Å². The molecule has 1 amide bonds. The molecule has 0 radical (unpaired) electrons. The van der Waals surface area contributed by atoms with Crippen LogP contribution in [0, 0.1) is 6.92 Å². The molecule has 0 saturated carbocycles. The Balaban J connectivity index is 2.14. The van der Waals surface area contributed by atoms with Crippen molar-refractivity contribution in [1.82, 2.24) is 4.37 Å². The number of hydrogen-bond acceptors (Lipinski definition) is 3. The van der Waals surface area contributed by atoms with E-state index in [0.717, 1.165) is 11.4 Å². The molecule has 0 aliphatic heterocycles. The summed E-state index contributed by atoms with van der Waals surface area (Å²) in [4.78, 5) is 11.8. The number of benzene rings is 1. The zero-order valence-corrected chi connectivity index (χ0v) is 10.1. The third-order valence-corrected chi connectivity index (χ3v) is 3.07. The molecule has 5 heteroatoms. The van der Waals surface area contributed by atoms with Gasteiger partial charge in [-0.25, -0.2) is 0 Å². The number of aryl methyl sites for hydroxylation is 1. The molecule has 1 heterocycles. The lowest BCUT2D eigenvalue weighted by Crippen LogP contribution is -2.12. The number of anilines is 1. The maximum Gasteiger partial charge on any atom is 0.258 e. The summed E-state index contributed by atoms with van der Waals surface area (Å²) in [6.07, 6.45) is 0. The van der Waals surface area contributed by atoms with Crippen LogP contribution in [0.1, 0.15) is 16.1 Å². The largest absolute Gasteiger partial charge is 0.322 e. The zero-order valence-electron chi connectivity index (χ0n) is 8.53. The van der Waals surface area contributed by atoms with Crippen LogP contribution < -0.4 is 5.32 Å². The van der Waals surface area contributed by atoms with Crippen molar-refractivity contribution in [3.63, 3.8) is 0 Å². The third-order valence-electron chi connectivity index (χ3n) is 2.10. The molecule has 0 saturated heterocycles. The van der Waals surface area contributed by atoms with Gasteiger partial charge in [0.2, 0.25) is 0 Å². The number of nitrogens with zero attached hydrogens (tertiary/aromatic N) is 1. The summed E-state index contributed by atoms with van der Waals surface area (Å²) in [7, 11) is 0. The summed E-state index contributed by atoms with van der Waals surface area (Å²) in [5.74, 6) is -0.145. The maximum atomic E-state index is 11.8. The minimum Gasteiger partial charge on any atom is -0.322 e. The first-order valence-electron chi connectivity index (χ1n) is 4.65. The van der Waals surface area contributed by atoms with Crippen LogP contribution in [-0.2, 0) is 0 Å². The van der Waals surface area contributed by atoms with Crippen molar-refractivity contribution in [1.29, 1.82) is 0 Å². The Bertz CT molecular complexity index is 507. The van der Waals surface area contributed by atoms with E-state index in [0.29, 0.717) is 10.6 Å². The summed E-state index contributed by atoms with van der Waals surface area (Å²) < 4.78 is 4.05. The average molecular weight is 253 g/mol. The number of halogens is 1. The van der Waals surface area contributed by atoms with Gasteiger partial charge in [-0.3, -0.25) is 4.79 Å². The molecule has 2 aromatic rings. The summed E-state index contributed by atoms with van der Waals surface area (Å²) in [6.45, 7) is 1.81. The minimum atomic E-state index is -0.145. The number of rotatable bonds is 2. The number of aromatic nitrogens is 1. The Morgan fingerprint density at radius 3 is 2.62 bits per heavy atom. The molecule has 3 nitrogen and oxygen atoms in total. The van der Waals surface area contributed by atoms with E-state index in [1.165, 1.54) is 11.5 Å². The summed E-state index contributed by atoms with van der Waals surface area (Å²) in [5.41, 5.74) is 2.08. The van der Waals surface area contributed by atoms with Crippen LogP contribution in [0.25, 0.3) is 0 Å². The third kappa shape index (κ3) is 2.40. The normalized spacial score (nSPS) is 10.1. The SMILES string of the molecule is Cc1nscc1C(=O)Nc1ccc(Cl)cc1. The molecule has 0 aliphatic rings. The molecule has 1 aromatic heterocycles. The van der Waals surface area contributed by atoms with Gasteiger partial charge >= 0.3 is 0 Å². The first kappa shape index (κ1) is 11.1. The van der Waals surface area contributed by atoms with Crippen molar-refractivity contribution in [2.75, 3.05) is 5.32 Å². The zero-order chi connectivity index (χ0) is 11.5.